The van der Waals surface area contributed by atoms with Crippen LogP contribution < -0.4 is 5.32 Å². The van der Waals surface area contributed by atoms with Crippen molar-refractivity contribution >= 4 is 12.2 Å². The van der Waals surface area contributed by atoms with E-state index in [0.717, 1.165) is 12.0 Å². The van der Waals surface area contributed by atoms with Crippen LogP contribution in [-0.4, -0.2) is 40.8 Å². The Morgan fingerprint density at radius 2 is 1.88 bits per heavy atom. The van der Waals surface area contributed by atoms with E-state index in [0.29, 0.717) is 6.42 Å². The van der Waals surface area contributed by atoms with Crippen LogP contribution in [0.5, 0.6) is 0 Å². The van der Waals surface area contributed by atoms with E-state index in [1.54, 1.807) is 4.90 Å². The van der Waals surface area contributed by atoms with Gasteiger partial charge in [0, 0.05) is 6.04 Å². The lowest BCUT2D eigenvalue weighted by molar-refractivity contribution is 0.0483. The van der Waals surface area contributed by atoms with E-state index in [1.165, 1.54) is 0 Å². The summed E-state index contributed by atoms with van der Waals surface area (Å²) in [5, 5.41) is 2.90. The lowest BCUT2D eigenvalue weighted by Crippen LogP contribution is -2.47. The lowest BCUT2D eigenvalue weighted by Gasteiger charge is -2.28. The van der Waals surface area contributed by atoms with Gasteiger partial charge >= 0.3 is 12.2 Å². The molecule has 6 heteroatoms. The topological polar surface area (TPSA) is 67.9 Å². The average Bonchev–Trinajstić information content (AvgIpc) is 2.87. The van der Waals surface area contributed by atoms with Crippen molar-refractivity contribution < 1.29 is 19.1 Å². The summed E-state index contributed by atoms with van der Waals surface area (Å²) in [4.78, 5) is 26.4. The molecule has 2 amide bonds. The number of alkyl carbamates (subject to hydrolysis) is 1. The van der Waals surface area contributed by atoms with Crippen LogP contribution in [0.25, 0.3) is 0 Å². The fraction of sp³-hybridized carbons (Fsp3) is 0.600. The van der Waals surface area contributed by atoms with Gasteiger partial charge in [0.1, 0.15) is 12.2 Å². The van der Waals surface area contributed by atoms with Gasteiger partial charge in [-0.15, -0.1) is 0 Å². The molecule has 1 saturated heterocycles. The summed E-state index contributed by atoms with van der Waals surface area (Å²) in [6.07, 6.45) is 0.694. The summed E-state index contributed by atoms with van der Waals surface area (Å²) in [7, 11) is 0. The second kappa shape index (κ2) is 8.43. The molecule has 1 heterocycles. The highest BCUT2D eigenvalue weighted by atomic mass is 16.6. The van der Waals surface area contributed by atoms with Gasteiger partial charge in [0.05, 0.1) is 12.1 Å². The quantitative estimate of drug-likeness (QED) is 0.876. The summed E-state index contributed by atoms with van der Waals surface area (Å²) in [6, 6.07) is 9.32. The van der Waals surface area contributed by atoms with Crippen LogP contribution in [0.2, 0.25) is 0 Å². The molecule has 1 aliphatic heterocycles. The van der Waals surface area contributed by atoms with E-state index in [-0.39, 0.29) is 30.8 Å². The van der Waals surface area contributed by atoms with Crippen molar-refractivity contribution in [2.45, 2.75) is 77.8 Å². The highest BCUT2D eigenvalue weighted by Crippen LogP contribution is 2.28. The number of amides is 2. The normalized spacial score (nSPS) is 22.8. The zero-order valence-electron chi connectivity index (χ0n) is 16.3. The SMILES string of the molecule is CCC1CC(NC(=O)OC(C)(C)C)C(C)N1C(=O)OCc1ccccc1. The highest BCUT2D eigenvalue weighted by Gasteiger charge is 2.42. The standard InChI is InChI=1S/C20H30N2O4/c1-6-16-12-17(21-18(23)26-20(3,4)5)14(2)22(16)19(24)25-13-15-10-8-7-9-11-15/h7-11,14,16-17H,6,12-13H2,1-5H3,(H,21,23). The Hall–Kier alpha value is -2.24. The van der Waals surface area contributed by atoms with Crippen LogP contribution in [0.15, 0.2) is 30.3 Å². The van der Waals surface area contributed by atoms with Gasteiger partial charge in [-0.3, -0.25) is 0 Å². The van der Waals surface area contributed by atoms with Gasteiger partial charge in [0.2, 0.25) is 0 Å². The zero-order valence-corrected chi connectivity index (χ0v) is 16.3. The van der Waals surface area contributed by atoms with Gasteiger partial charge < -0.3 is 19.7 Å². The fourth-order valence-corrected chi connectivity index (χ4v) is 3.24. The van der Waals surface area contributed by atoms with E-state index in [1.807, 2.05) is 65.0 Å². The van der Waals surface area contributed by atoms with Gasteiger partial charge in [0.25, 0.3) is 0 Å². The first-order chi connectivity index (χ1) is 12.2. The molecule has 0 radical (unpaired) electrons. The number of carbonyl (C=O) groups is 2. The average molecular weight is 362 g/mol. The largest absolute Gasteiger partial charge is 0.445 e. The van der Waals surface area contributed by atoms with Gasteiger partial charge in [0.15, 0.2) is 0 Å². The van der Waals surface area contributed by atoms with Crippen molar-refractivity contribution in [2.24, 2.45) is 0 Å². The van der Waals surface area contributed by atoms with E-state index in [2.05, 4.69) is 5.32 Å². The molecule has 2 rings (SSSR count). The van der Waals surface area contributed by atoms with Crippen LogP contribution in [0.1, 0.15) is 53.0 Å². The minimum atomic E-state index is -0.551. The van der Waals surface area contributed by atoms with Crippen LogP contribution in [-0.2, 0) is 16.1 Å². The third kappa shape index (κ3) is 5.38. The zero-order chi connectivity index (χ0) is 19.3. The molecule has 0 bridgehead atoms. The number of nitrogens with zero attached hydrogens (tertiary/aromatic N) is 1. The summed E-state index contributed by atoms with van der Waals surface area (Å²) >= 11 is 0. The third-order valence-electron chi connectivity index (χ3n) is 4.53. The maximum Gasteiger partial charge on any atom is 0.410 e. The second-order valence-electron chi connectivity index (χ2n) is 7.74. The fourth-order valence-electron chi connectivity index (χ4n) is 3.24. The van der Waals surface area contributed by atoms with Crippen LogP contribution in [0, 0.1) is 0 Å². The van der Waals surface area contributed by atoms with E-state index in [9.17, 15) is 9.59 Å². The van der Waals surface area contributed by atoms with Gasteiger partial charge in [-0.25, -0.2) is 9.59 Å². The predicted molar refractivity (Wildman–Crippen MR) is 99.8 cm³/mol. The predicted octanol–water partition coefficient (Wildman–Crippen LogP) is 4.09. The van der Waals surface area contributed by atoms with E-state index >= 15 is 0 Å². The molecular weight excluding hydrogens is 332 g/mol. The number of hydrogen-bond donors (Lipinski definition) is 1. The molecule has 1 aromatic carbocycles. The summed E-state index contributed by atoms with van der Waals surface area (Å²) in [5.41, 5.74) is 0.397. The molecule has 1 N–H and O–H groups in total. The maximum absolute atomic E-state index is 12.6. The molecule has 144 valence electrons. The van der Waals surface area contributed by atoms with Gasteiger partial charge in [-0.2, -0.15) is 0 Å². The Morgan fingerprint density at radius 1 is 1.23 bits per heavy atom. The molecule has 1 aliphatic rings. The number of carbonyl (C=O) groups excluding carboxylic acids is 2. The van der Waals surface area contributed by atoms with Gasteiger partial charge in [-0.1, -0.05) is 37.3 Å². The Balaban J connectivity index is 1.96. The number of benzene rings is 1. The third-order valence-corrected chi connectivity index (χ3v) is 4.53. The molecule has 0 saturated carbocycles. The Labute approximate surface area is 155 Å². The monoisotopic (exact) mass is 362 g/mol. The van der Waals surface area contributed by atoms with Crippen molar-refractivity contribution in [2.75, 3.05) is 0 Å². The molecule has 0 aromatic heterocycles. The van der Waals surface area contributed by atoms with Crippen molar-refractivity contribution in [3.63, 3.8) is 0 Å². The van der Waals surface area contributed by atoms with Crippen LogP contribution in [0.3, 0.4) is 0 Å². The number of nitrogens with one attached hydrogen (secondary N) is 1. The lowest BCUT2D eigenvalue weighted by atomic mass is 10.1. The maximum atomic E-state index is 12.6. The second-order valence-corrected chi connectivity index (χ2v) is 7.74. The first-order valence-corrected chi connectivity index (χ1v) is 9.19. The molecule has 1 fully saturated rings. The van der Waals surface area contributed by atoms with Crippen molar-refractivity contribution in [3.8, 4) is 0 Å². The number of ether oxygens (including phenoxy) is 2. The molecular formula is C20H30N2O4. The van der Waals surface area contributed by atoms with Crippen molar-refractivity contribution in [3.05, 3.63) is 35.9 Å². The van der Waals surface area contributed by atoms with Crippen molar-refractivity contribution in [1.29, 1.82) is 0 Å². The van der Waals surface area contributed by atoms with E-state index in [4.69, 9.17) is 9.47 Å². The van der Waals surface area contributed by atoms with E-state index < -0.39 is 11.7 Å². The summed E-state index contributed by atoms with van der Waals surface area (Å²) in [6.45, 7) is 9.68. The first-order valence-electron chi connectivity index (χ1n) is 9.19. The Kier molecular flexibility index (Phi) is 6.51. The highest BCUT2D eigenvalue weighted by molar-refractivity contribution is 5.71. The Bertz CT molecular complexity index is 612. The smallest absolute Gasteiger partial charge is 0.410 e. The minimum Gasteiger partial charge on any atom is -0.445 e. The molecule has 0 aliphatic carbocycles. The summed E-state index contributed by atoms with van der Waals surface area (Å²) < 4.78 is 10.8. The first kappa shape index (κ1) is 20.1. The Morgan fingerprint density at radius 3 is 2.46 bits per heavy atom. The molecule has 3 unspecified atom stereocenters. The molecule has 6 nitrogen and oxygen atoms in total. The van der Waals surface area contributed by atoms with Crippen LogP contribution >= 0.6 is 0 Å². The molecule has 1 aromatic rings. The van der Waals surface area contributed by atoms with Gasteiger partial charge in [-0.05, 0) is 46.1 Å². The van der Waals surface area contributed by atoms with Crippen molar-refractivity contribution in [1.82, 2.24) is 10.2 Å². The molecule has 26 heavy (non-hydrogen) atoms. The number of hydrogen-bond acceptors (Lipinski definition) is 4. The summed E-state index contributed by atoms with van der Waals surface area (Å²) in [5.74, 6) is 0. The number of likely N-dealkylation sites (tertiary alicyclic amines) is 1. The van der Waals surface area contributed by atoms with Crippen LogP contribution in [0.4, 0.5) is 9.59 Å². The molecule has 3 atom stereocenters. The molecule has 0 spiro atoms. The number of rotatable bonds is 4. The minimum absolute atomic E-state index is 0.0354.